The Morgan fingerprint density at radius 3 is 1.65 bits per heavy atom. The van der Waals surface area contributed by atoms with E-state index in [9.17, 15) is 0 Å². The van der Waals surface area contributed by atoms with Gasteiger partial charge in [0.1, 0.15) is 0 Å². The van der Waals surface area contributed by atoms with Gasteiger partial charge in [0.15, 0.2) is 0 Å². The molecular formula is C59H49N. The molecule has 9 aromatic carbocycles. The van der Waals surface area contributed by atoms with Gasteiger partial charge in [0.25, 0.3) is 0 Å². The topological polar surface area (TPSA) is 3.24 Å². The van der Waals surface area contributed by atoms with Crippen LogP contribution < -0.4 is 4.90 Å². The van der Waals surface area contributed by atoms with Crippen molar-refractivity contribution in [1.82, 2.24) is 0 Å². The summed E-state index contributed by atoms with van der Waals surface area (Å²) in [5, 5.41) is 2.47. The molecule has 0 aliphatic heterocycles. The minimum Gasteiger partial charge on any atom is -0.309 e. The van der Waals surface area contributed by atoms with Gasteiger partial charge in [-0.25, -0.2) is 0 Å². The van der Waals surface area contributed by atoms with Crippen molar-refractivity contribution in [2.45, 2.75) is 45.4 Å². The van der Waals surface area contributed by atoms with E-state index in [1.165, 1.54) is 83.1 Å². The van der Waals surface area contributed by atoms with Crippen LogP contribution in [0.15, 0.2) is 206 Å². The zero-order valence-electron chi connectivity index (χ0n) is 35.1. The van der Waals surface area contributed by atoms with Crippen molar-refractivity contribution in [3.63, 3.8) is 0 Å². The number of para-hydroxylation sites is 1. The van der Waals surface area contributed by atoms with E-state index in [2.05, 4.69) is 246 Å². The number of benzene rings is 9. The third-order valence-corrected chi connectivity index (χ3v) is 12.6. The Hall–Kier alpha value is -6.96. The SMILES string of the molecule is CC(C)(C)c1ccc(N(c2cccc(-c3cccc4c3C(C)(C)c3ccccc3-4)c2)c2ccccc2-c2cccc3cccc(-c4ccccc4)c23)c(-c2ccccc2)c1. The fourth-order valence-electron chi connectivity index (χ4n) is 9.68. The van der Waals surface area contributed by atoms with Crippen molar-refractivity contribution in [3.8, 4) is 55.6 Å². The van der Waals surface area contributed by atoms with Crippen molar-refractivity contribution in [3.05, 3.63) is 223 Å². The van der Waals surface area contributed by atoms with Crippen LogP contribution in [0, 0.1) is 0 Å². The zero-order chi connectivity index (χ0) is 41.0. The van der Waals surface area contributed by atoms with Gasteiger partial charge in [-0.05, 0) is 108 Å². The van der Waals surface area contributed by atoms with Gasteiger partial charge in [-0.15, -0.1) is 0 Å². The Labute approximate surface area is 355 Å². The fourth-order valence-corrected chi connectivity index (χ4v) is 9.68. The molecule has 9 aromatic rings. The number of anilines is 3. The van der Waals surface area contributed by atoms with E-state index < -0.39 is 0 Å². The molecule has 1 aliphatic carbocycles. The Kier molecular flexibility index (Phi) is 9.14. The number of hydrogen-bond donors (Lipinski definition) is 0. The summed E-state index contributed by atoms with van der Waals surface area (Å²) in [6.45, 7) is 11.7. The van der Waals surface area contributed by atoms with Crippen LogP contribution in [0.4, 0.5) is 17.1 Å². The van der Waals surface area contributed by atoms with Gasteiger partial charge in [0.05, 0.1) is 11.4 Å². The summed E-state index contributed by atoms with van der Waals surface area (Å²) in [5.41, 5.74) is 19.6. The summed E-state index contributed by atoms with van der Waals surface area (Å²) in [4.78, 5) is 2.51. The highest BCUT2D eigenvalue weighted by molar-refractivity contribution is 6.09. The molecule has 0 spiro atoms. The first-order valence-electron chi connectivity index (χ1n) is 21.2. The first kappa shape index (κ1) is 37.3. The van der Waals surface area contributed by atoms with Gasteiger partial charge < -0.3 is 4.90 Å². The predicted octanol–water partition coefficient (Wildman–Crippen LogP) is 16.6. The Morgan fingerprint density at radius 2 is 0.917 bits per heavy atom. The average molecular weight is 772 g/mol. The van der Waals surface area contributed by atoms with E-state index >= 15 is 0 Å². The summed E-state index contributed by atoms with van der Waals surface area (Å²) >= 11 is 0. The van der Waals surface area contributed by atoms with Crippen LogP contribution in [0.1, 0.15) is 51.3 Å². The lowest BCUT2D eigenvalue weighted by Gasteiger charge is -2.32. The van der Waals surface area contributed by atoms with Crippen LogP contribution in [-0.2, 0) is 10.8 Å². The number of hydrogen-bond acceptors (Lipinski definition) is 1. The second-order valence-electron chi connectivity index (χ2n) is 17.7. The fraction of sp³-hybridized carbons (Fsp3) is 0.119. The third kappa shape index (κ3) is 6.33. The first-order chi connectivity index (χ1) is 29.2. The van der Waals surface area contributed by atoms with E-state index in [1.54, 1.807) is 0 Å². The van der Waals surface area contributed by atoms with Gasteiger partial charge in [0, 0.05) is 22.2 Å². The standard InChI is InChI=1S/C59H49N/c1-58(2,3)44-36-37-55(52(39-44)41-22-10-7-11-23-41)60(45-27-16-26-43(38-45)47-31-19-33-51-48-28-12-14-34-53(48)59(4,5)57(47)51)54-35-15-13-29-49(54)50-32-18-25-42-24-17-30-46(56(42)50)40-20-8-6-9-21-40/h6-39H,1-5H3. The second kappa shape index (κ2) is 14.7. The summed E-state index contributed by atoms with van der Waals surface area (Å²) < 4.78 is 0. The van der Waals surface area contributed by atoms with E-state index in [4.69, 9.17) is 0 Å². The highest BCUT2D eigenvalue weighted by Crippen LogP contribution is 2.53. The lowest BCUT2D eigenvalue weighted by atomic mass is 9.79. The smallest absolute Gasteiger partial charge is 0.0540 e. The van der Waals surface area contributed by atoms with Crippen LogP contribution in [0.2, 0.25) is 0 Å². The van der Waals surface area contributed by atoms with Gasteiger partial charge in [0.2, 0.25) is 0 Å². The van der Waals surface area contributed by atoms with Crippen molar-refractivity contribution in [2.75, 3.05) is 4.90 Å². The monoisotopic (exact) mass is 771 g/mol. The molecule has 60 heavy (non-hydrogen) atoms. The molecule has 0 bridgehead atoms. The molecule has 0 atom stereocenters. The summed E-state index contributed by atoms with van der Waals surface area (Å²) in [6.07, 6.45) is 0. The molecule has 0 fully saturated rings. The maximum Gasteiger partial charge on any atom is 0.0540 e. The van der Waals surface area contributed by atoms with Gasteiger partial charge in [-0.2, -0.15) is 0 Å². The molecule has 10 rings (SSSR count). The molecule has 0 amide bonds. The molecule has 0 heterocycles. The summed E-state index contributed by atoms with van der Waals surface area (Å²) in [7, 11) is 0. The van der Waals surface area contributed by atoms with E-state index in [1.807, 2.05) is 0 Å². The first-order valence-corrected chi connectivity index (χ1v) is 21.2. The molecule has 1 nitrogen and oxygen atoms in total. The van der Waals surface area contributed by atoms with E-state index in [0.717, 1.165) is 17.1 Å². The van der Waals surface area contributed by atoms with E-state index in [-0.39, 0.29) is 10.8 Å². The molecule has 0 unspecified atom stereocenters. The Balaban J connectivity index is 1.25. The van der Waals surface area contributed by atoms with E-state index in [0.29, 0.717) is 0 Å². The van der Waals surface area contributed by atoms with Crippen LogP contribution in [0.25, 0.3) is 66.4 Å². The molecule has 0 aromatic heterocycles. The lowest BCUT2D eigenvalue weighted by Crippen LogP contribution is -2.16. The molecule has 1 heteroatoms. The predicted molar refractivity (Wildman–Crippen MR) is 257 cm³/mol. The minimum atomic E-state index is -0.140. The van der Waals surface area contributed by atoms with Crippen molar-refractivity contribution < 1.29 is 0 Å². The van der Waals surface area contributed by atoms with Gasteiger partial charge in [-0.3, -0.25) is 0 Å². The van der Waals surface area contributed by atoms with Crippen LogP contribution in [0.3, 0.4) is 0 Å². The quantitative estimate of drug-likeness (QED) is 0.156. The lowest BCUT2D eigenvalue weighted by molar-refractivity contribution is 0.590. The molecule has 1 aliphatic rings. The molecule has 0 saturated heterocycles. The summed E-state index contributed by atoms with van der Waals surface area (Å²) in [5.74, 6) is 0. The van der Waals surface area contributed by atoms with Gasteiger partial charge >= 0.3 is 0 Å². The number of fused-ring (bicyclic) bond motifs is 4. The second-order valence-corrected chi connectivity index (χ2v) is 17.7. The molecule has 0 N–H and O–H groups in total. The molecule has 290 valence electrons. The normalized spacial score (nSPS) is 12.9. The van der Waals surface area contributed by atoms with Crippen LogP contribution >= 0.6 is 0 Å². The molecule has 0 saturated carbocycles. The Morgan fingerprint density at radius 1 is 0.383 bits per heavy atom. The highest BCUT2D eigenvalue weighted by Gasteiger charge is 2.37. The van der Waals surface area contributed by atoms with Crippen LogP contribution in [-0.4, -0.2) is 0 Å². The van der Waals surface area contributed by atoms with Crippen molar-refractivity contribution >= 4 is 27.8 Å². The summed E-state index contributed by atoms with van der Waals surface area (Å²) in [6, 6.07) is 76.2. The van der Waals surface area contributed by atoms with Crippen molar-refractivity contribution in [1.29, 1.82) is 0 Å². The molecular weight excluding hydrogens is 723 g/mol. The molecule has 0 radical (unpaired) electrons. The largest absolute Gasteiger partial charge is 0.309 e. The highest BCUT2D eigenvalue weighted by atomic mass is 15.1. The van der Waals surface area contributed by atoms with Crippen molar-refractivity contribution in [2.24, 2.45) is 0 Å². The number of rotatable bonds is 7. The third-order valence-electron chi connectivity index (χ3n) is 12.6. The number of nitrogens with zero attached hydrogens (tertiary/aromatic N) is 1. The minimum absolute atomic E-state index is 0.0282. The zero-order valence-corrected chi connectivity index (χ0v) is 35.1. The van der Waals surface area contributed by atoms with Crippen LogP contribution in [0.5, 0.6) is 0 Å². The van der Waals surface area contributed by atoms with Gasteiger partial charge in [-0.1, -0.05) is 211 Å². The Bertz CT molecular complexity index is 3030. The maximum absolute atomic E-state index is 2.51. The average Bonchev–Trinajstić information content (AvgIpc) is 3.52. The maximum atomic E-state index is 2.51.